The van der Waals surface area contributed by atoms with Crippen molar-refractivity contribution in [1.29, 1.82) is 0 Å². The largest absolute Gasteiger partial charge is 0.268 e. The second kappa shape index (κ2) is 8.92. The highest BCUT2D eigenvalue weighted by Crippen LogP contribution is 2.32. The maximum atomic E-state index is 13.6. The van der Waals surface area contributed by atoms with Gasteiger partial charge < -0.3 is 0 Å². The van der Waals surface area contributed by atoms with Crippen LogP contribution in [0, 0.1) is 12.7 Å². The number of rotatable bonds is 6. The minimum atomic E-state index is -0.273. The molecule has 154 valence electrons. The van der Waals surface area contributed by atoms with Crippen LogP contribution in [0.5, 0.6) is 0 Å². The van der Waals surface area contributed by atoms with E-state index in [1.807, 2.05) is 25.1 Å². The van der Waals surface area contributed by atoms with Gasteiger partial charge in [0.25, 0.3) is 5.56 Å². The molecule has 0 aliphatic heterocycles. The van der Waals surface area contributed by atoms with Gasteiger partial charge in [-0.1, -0.05) is 48.8 Å². The van der Waals surface area contributed by atoms with Crippen molar-refractivity contribution in [3.8, 4) is 5.69 Å². The van der Waals surface area contributed by atoms with Crippen LogP contribution in [-0.2, 0) is 12.2 Å². The maximum absolute atomic E-state index is 13.6. The fourth-order valence-corrected chi connectivity index (χ4v) is 5.77. The molecule has 0 aliphatic rings. The van der Waals surface area contributed by atoms with Crippen molar-refractivity contribution in [2.75, 3.05) is 0 Å². The van der Waals surface area contributed by atoms with Crippen LogP contribution < -0.4 is 5.56 Å². The molecular weight excluding hydrogens is 439 g/mol. The predicted octanol–water partition coefficient (Wildman–Crippen LogP) is 6.79. The van der Waals surface area contributed by atoms with E-state index in [9.17, 15) is 9.18 Å². The number of hydrogen-bond acceptors (Lipinski definition) is 4. The van der Waals surface area contributed by atoms with E-state index in [1.54, 1.807) is 34.1 Å². The summed E-state index contributed by atoms with van der Waals surface area (Å²) in [4.78, 5) is 20.4. The van der Waals surface area contributed by atoms with Gasteiger partial charge in [-0.15, -0.1) is 11.3 Å². The molecular formula is C23H20ClFN2OS2. The number of aromatic nitrogens is 2. The van der Waals surface area contributed by atoms with Crippen LogP contribution in [0.3, 0.4) is 0 Å². The SMILES string of the molecule is CCCc1sc2nc(SCc3cccc(F)c3)n(-c3ccc(Cl)cc3)c(=O)c2c1C. The molecule has 0 radical (unpaired) electrons. The molecule has 0 N–H and O–H groups in total. The van der Waals surface area contributed by atoms with Gasteiger partial charge >= 0.3 is 0 Å². The molecule has 2 aromatic carbocycles. The minimum absolute atomic E-state index is 0.0832. The second-order valence-electron chi connectivity index (χ2n) is 7.01. The lowest BCUT2D eigenvalue weighted by atomic mass is 10.1. The summed E-state index contributed by atoms with van der Waals surface area (Å²) in [6.45, 7) is 4.13. The smallest absolute Gasteiger partial charge is 0.267 e. The van der Waals surface area contributed by atoms with Gasteiger partial charge in [-0.25, -0.2) is 9.37 Å². The van der Waals surface area contributed by atoms with Gasteiger partial charge in [-0.05, 0) is 60.9 Å². The minimum Gasteiger partial charge on any atom is -0.268 e. The Balaban J connectivity index is 1.86. The molecule has 0 atom stereocenters. The Labute approximate surface area is 187 Å². The van der Waals surface area contributed by atoms with Gasteiger partial charge in [-0.2, -0.15) is 0 Å². The molecule has 2 aromatic heterocycles. The zero-order chi connectivity index (χ0) is 21.3. The van der Waals surface area contributed by atoms with Crippen molar-refractivity contribution >= 4 is 44.9 Å². The Kier molecular flexibility index (Phi) is 6.27. The Morgan fingerprint density at radius 3 is 2.67 bits per heavy atom. The fourth-order valence-electron chi connectivity index (χ4n) is 3.37. The number of halogens is 2. The fraction of sp³-hybridized carbons (Fsp3) is 0.217. The second-order valence-corrected chi connectivity index (χ2v) is 9.47. The summed E-state index contributed by atoms with van der Waals surface area (Å²) in [5.41, 5.74) is 2.48. The molecule has 0 amide bonds. The third-order valence-electron chi connectivity index (χ3n) is 4.85. The molecule has 7 heteroatoms. The van der Waals surface area contributed by atoms with Crippen LogP contribution in [0.2, 0.25) is 5.02 Å². The standard InChI is InChI=1S/C23H20ClFN2OS2/c1-3-5-19-14(2)20-21(30-19)26-23(29-13-15-6-4-7-17(25)12-15)27(22(20)28)18-10-8-16(24)9-11-18/h4,6-12H,3,5,13H2,1-2H3. The van der Waals surface area contributed by atoms with E-state index in [1.165, 1.54) is 28.8 Å². The lowest BCUT2D eigenvalue weighted by Crippen LogP contribution is -2.21. The molecule has 0 unspecified atom stereocenters. The number of benzene rings is 2. The summed E-state index contributed by atoms with van der Waals surface area (Å²) >= 11 is 9.06. The first-order chi connectivity index (χ1) is 14.5. The molecule has 30 heavy (non-hydrogen) atoms. The van der Waals surface area contributed by atoms with Gasteiger partial charge in [0, 0.05) is 15.7 Å². The number of thiophene rings is 1. The lowest BCUT2D eigenvalue weighted by molar-refractivity contribution is 0.626. The highest BCUT2D eigenvalue weighted by molar-refractivity contribution is 7.98. The van der Waals surface area contributed by atoms with Crippen molar-refractivity contribution in [1.82, 2.24) is 9.55 Å². The highest BCUT2D eigenvalue weighted by Gasteiger charge is 2.19. The van der Waals surface area contributed by atoms with Crippen LogP contribution in [0.15, 0.2) is 58.5 Å². The molecule has 4 aromatic rings. The Bertz CT molecular complexity index is 1260. The van der Waals surface area contributed by atoms with Crippen LogP contribution in [0.4, 0.5) is 4.39 Å². The summed E-state index contributed by atoms with van der Waals surface area (Å²) in [5, 5.41) is 1.86. The van der Waals surface area contributed by atoms with Gasteiger partial charge in [0.1, 0.15) is 10.6 Å². The lowest BCUT2D eigenvalue weighted by Gasteiger charge is -2.12. The summed E-state index contributed by atoms with van der Waals surface area (Å²) in [5.74, 6) is 0.236. The van der Waals surface area contributed by atoms with Crippen molar-refractivity contribution in [2.24, 2.45) is 0 Å². The molecule has 0 spiro atoms. The molecule has 2 heterocycles. The summed E-state index contributed by atoms with van der Waals surface area (Å²) < 4.78 is 15.2. The van der Waals surface area contributed by atoms with E-state index in [4.69, 9.17) is 16.6 Å². The third kappa shape index (κ3) is 4.17. The van der Waals surface area contributed by atoms with Crippen molar-refractivity contribution in [3.63, 3.8) is 0 Å². The van der Waals surface area contributed by atoms with E-state index >= 15 is 0 Å². The zero-order valence-electron chi connectivity index (χ0n) is 16.6. The quantitative estimate of drug-likeness (QED) is 0.235. The van der Waals surface area contributed by atoms with Gasteiger partial charge in [0.2, 0.25) is 0 Å². The number of nitrogens with zero attached hydrogens (tertiary/aromatic N) is 2. The summed E-state index contributed by atoms with van der Waals surface area (Å²) in [6, 6.07) is 13.6. The Morgan fingerprint density at radius 2 is 1.97 bits per heavy atom. The third-order valence-corrected chi connectivity index (χ3v) is 7.36. The summed E-state index contributed by atoms with van der Waals surface area (Å²) in [6.07, 6.45) is 1.94. The Hall–Kier alpha value is -2.15. The molecule has 0 fully saturated rings. The van der Waals surface area contributed by atoms with E-state index in [0.717, 1.165) is 28.8 Å². The predicted molar refractivity (Wildman–Crippen MR) is 125 cm³/mol. The first-order valence-electron chi connectivity index (χ1n) is 9.66. The van der Waals surface area contributed by atoms with Crippen molar-refractivity contribution in [3.05, 3.63) is 85.7 Å². The van der Waals surface area contributed by atoms with E-state index in [-0.39, 0.29) is 11.4 Å². The average molecular weight is 459 g/mol. The first-order valence-corrected chi connectivity index (χ1v) is 11.8. The average Bonchev–Trinajstić information content (AvgIpc) is 3.03. The number of thioether (sulfide) groups is 1. The number of fused-ring (bicyclic) bond motifs is 1. The first kappa shape index (κ1) is 21.1. The van der Waals surface area contributed by atoms with Gasteiger partial charge in [0.15, 0.2) is 5.16 Å². The molecule has 0 saturated carbocycles. The van der Waals surface area contributed by atoms with Crippen LogP contribution in [-0.4, -0.2) is 9.55 Å². The van der Waals surface area contributed by atoms with Crippen molar-refractivity contribution < 1.29 is 4.39 Å². The monoisotopic (exact) mass is 458 g/mol. The topological polar surface area (TPSA) is 34.9 Å². The molecule has 0 aliphatic carbocycles. The van der Waals surface area contributed by atoms with Gasteiger partial charge in [-0.3, -0.25) is 9.36 Å². The van der Waals surface area contributed by atoms with E-state index in [2.05, 4.69) is 6.92 Å². The van der Waals surface area contributed by atoms with E-state index < -0.39 is 0 Å². The van der Waals surface area contributed by atoms with Crippen molar-refractivity contribution in [2.45, 2.75) is 37.6 Å². The zero-order valence-corrected chi connectivity index (χ0v) is 19.0. The molecule has 0 saturated heterocycles. The van der Waals surface area contributed by atoms with E-state index in [0.29, 0.717) is 27.0 Å². The molecule has 4 rings (SSSR count). The Morgan fingerprint density at radius 1 is 1.20 bits per heavy atom. The molecule has 3 nitrogen and oxygen atoms in total. The van der Waals surface area contributed by atoms with Crippen LogP contribution >= 0.6 is 34.7 Å². The van der Waals surface area contributed by atoms with Gasteiger partial charge in [0.05, 0.1) is 11.1 Å². The highest BCUT2D eigenvalue weighted by atomic mass is 35.5. The summed E-state index contributed by atoms with van der Waals surface area (Å²) in [7, 11) is 0. The van der Waals surface area contributed by atoms with Crippen LogP contribution in [0.25, 0.3) is 15.9 Å². The molecule has 0 bridgehead atoms. The normalized spacial score (nSPS) is 11.3. The number of hydrogen-bond donors (Lipinski definition) is 0. The number of aryl methyl sites for hydroxylation is 2. The maximum Gasteiger partial charge on any atom is 0.267 e. The van der Waals surface area contributed by atoms with Crippen LogP contribution in [0.1, 0.15) is 29.3 Å².